The zero-order valence-corrected chi connectivity index (χ0v) is 20.5. The quantitative estimate of drug-likeness (QED) is 0.389. The number of benzene rings is 1. The molecule has 1 aliphatic heterocycles. The van der Waals surface area contributed by atoms with Crippen LogP contribution in [0.5, 0.6) is 0 Å². The van der Waals surface area contributed by atoms with Crippen LogP contribution in [0, 0.1) is 13.8 Å². The fraction of sp³-hybridized carbons (Fsp3) is 0.462. The van der Waals surface area contributed by atoms with Crippen LogP contribution in [0.1, 0.15) is 60.5 Å². The van der Waals surface area contributed by atoms with Gasteiger partial charge in [-0.2, -0.15) is 0 Å². The first-order valence-electron chi connectivity index (χ1n) is 12.3. The second kappa shape index (κ2) is 10.1. The molecule has 9 heteroatoms. The van der Waals surface area contributed by atoms with Crippen molar-refractivity contribution in [1.82, 2.24) is 30.1 Å². The Hall–Kier alpha value is -3.30. The Morgan fingerprint density at radius 1 is 1.26 bits per heavy atom. The Labute approximate surface area is 204 Å². The molecule has 4 aromatic rings. The Bertz CT molecular complexity index is 1340. The lowest BCUT2D eigenvalue weighted by molar-refractivity contribution is 0.0882. The number of ether oxygens (including phenoxy) is 1. The molecule has 3 aromatic heterocycles. The lowest BCUT2D eigenvalue weighted by atomic mass is 10.0. The zero-order valence-electron chi connectivity index (χ0n) is 20.5. The number of aryl methyl sites for hydroxylation is 2. The number of aromatic amines is 1. The van der Waals surface area contributed by atoms with Crippen molar-refractivity contribution in [3.63, 3.8) is 0 Å². The highest BCUT2D eigenvalue weighted by Crippen LogP contribution is 2.28. The molecule has 9 nitrogen and oxygen atoms in total. The lowest BCUT2D eigenvalue weighted by Gasteiger charge is -2.29. The number of tetrazole rings is 1. The average Bonchev–Trinajstić information content (AvgIpc) is 3.60. The minimum atomic E-state index is -0.106. The van der Waals surface area contributed by atoms with Crippen LogP contribution in [-0.2, 0) is 24.4 Å². The standard InChI is InChI=1S/C26H32N6O3/c1-4-23(25-28-29-30-32(25)16-22-8-6-10-35-22)31(15-21-7-5-9-34-21)14-20-13-19-12-17(2)11-18(3)24(19)27-26(20)33/h5,7,9,11-13,22-23H,4,6,8,10,14-16H2,1-3H3,(H,27,33)/t22-,23+/m0/s1. The maximum Gasteiger partial charge on any atom is 0.252 e. The molecule has 0 aliphatic carbocycles. The summed E-state index contributed by atoms with van der Waals surface area (Å²) in [6.45, 7) is 8.59. The van der Waals surface area contributed by atoms with Gasteiger partial charge in [-0.3, -0.25) is 9.69 Å². The molecule has 1 aliphatic rings. The van der Waals surface area contributed by atoms with E-state index < -0.39 is 0 Å². The monoisotopic (exact) mass is 476 g/mol. The van der Waals surface area contributed by atoms with Crippen LogP contribution in [0.25, 0.3) is 10.9 Å². The summed E-state index contributed by atoms with van der Waals surface area (Å²) in [5, 5.41) is 13.7. The fourth-order valence-electron chi connectivity index (χ4n) is 5.11. The van der Waals surface area contributed by atoms with Gasteiger partial charge < -0.3 is 14.1 Å². The number of hydrogen-bond donors (Lipinski definition) is 1. The molecule has 1 aromatic carbocycles. The zero-order chi connectivity index (χ0) is 24.4. The van der Waals surface area contributed by atoms with Crippen LogP contribution in [0.15, 0.2) is 45.8 Å². The number of furan rings is 1. The molecule has 35 heavy (non-hydrogen) atoms. The van der Waals surface area contributed by atoms with Crippen molar-refractivity contribution in [1.29, 1.82) is 0 Å². The topological polar surface area (TPSA) is 102 Å². The van der Waals surface area contributed by atoms with Gasteiger partial charge in [-0.1, -0.05) is 18.6 Å². The first-order chi connectivity index (χ1) is 17.0. The van der Waals surface area contributed by atoms with E-state index in [1.807, 2.05) is 29.8 Å². The lowest BCUT2D eigenvalue weighted by Crippen LogP contribution is -2.33. The molecular formula is C26H32N6O3. The summed E-state index contributed by atoms with van der Waals surface area (Å²) in [7, 11) is 0. The molecule has 0 radical (unpaired) electrons. The predicted molar refractivity (Wildman–Crippen MR) is 132 cm³/mol. The third-order valence-electron chi connectivity index (χ3n) is 6.77. The van der Waals surface area contributed by atoms with E-state index in [4.69, 9.17) is 9.15 Å². The minimum absolute atomic E-state index is 0.0808. The number of nitrogens with zero attached hydrogens (tertiary/aromatic N) is 5. The van der Waals surface area contributed by atoms with Crippen LogP contribution < -0.4 is 5.56 Å². The minimum Gasteiger partial charge on any atom is -0.468 e. The van der Waals surface area contributed by atoms with E-state index in [-0.39, 0.29) is 17.7 Å². The van der Waals surface area contributed by atoms with E-state index in [2.05, 4.69) is 51.4 Å². The maximum absolute atomic E-state index is 13.1. The smallest absolute Gasteiger partial charge is 0.252 e. The van der Waals surface area contributed by atoms with E-state index in [0.717, 1.165) is 53.9 Å². The highest BCUT2D eigenvalue weighted by Gasteiger charge is 2.28. The number of H-pyrrole nitrogens is 1. The molecule has 4 heterocycles. The molecule has 0 bridgehead atoms. The van der Waals surface area contributed by atoms with E-state index in [0.29, 0.717) is 25.2 Å². The van der Waals surface area contributed by atoms with Crippen molar-refractivity contribution < 1.29 is 9.15 Å². The van der Waals surface area contributed by atoms with E-state index >= 15 is 0 Å². The van der Waals surface area contributed by atoms with Gasteiger partial charge in [0.25, 0.3) is 5.56 Å². The Balaban J connectivity index is 1.50. The number of aromatic nitrogens is 5. The molecule has 1 saturated heterocycles. The summed E-state index contributed by atoms with van der Waals surface area (Å²) in [5.74, 6) is 1.60. The molecule has 0 spiro atoms. The van der Waals surface area contributed by atoms with Gasteiger partial charge in [-0.05, 0) is 78.8 Å². The van der Waals surface area contributed by atoms with Gasteiger partial charge in [0.05, 0.1) is 37.0 Å². The van der Waals surface area contributed by atoms with E-state index in [1.165, 1.54) is 5.56 Å². The first kappa shape index (κ1) is 23.4. The Morgan fingerprint density at radius 3 is 2.89 bits per heavy atom. The van der Waals surface area contributed by atoms with Gasteiger partial charge >= 0.3 is 0 Å². The van der Waals surface area contributed by atoms with Crippen molar-refractivity contribution >= 4 is 10.9 Å². The highest BCUT2D eigenvalue weighted by molar-refractivity contribution is 5.82. The number of fused-ring (bicyclic) bond motifs is 1. The van der Waals surface area contributed by atoms with Gasteiger partial charge in [-0.15, -0.1) is 5.10 Å². The van der Waals surface area contributed by atoms with Crippen molar-refractivity contribution in [2.24, 2.45) is 0 Å². The second-order valence-corrected chi connectivity index (χ2v) is 9.43. The van der Waals surface area contributed by atoms with Gasteiger partial charge in [-0.25, -0.2) is 4.68 Å². The number of pyridine rings is 1. The van der Waals surface area contributed by atoms with Crippen molar-refractivity contribution in [2.45, 2.75) is 71.8 Å². The molecule has 0 unspecified atom stereocenters. The van der Waals surface area contributed by atoms with E-state index in [1.54, 1.807) is 6.26 Å². The molecular weight excluding hydrogens is 444 g/mol. The predicted octanol–water partition coefficient (Wildman–Crippen LogP) is 4.06. The van der Waals surface area contributed by atoms with Gasteiger partial charge in [0.15, 0.2) is 5.82 Å². The van der Waals surface area contributed by atoms with E-state index in [9.17, 15) is 4.79 Å². The van der Waals surface area contributed by atoms with Crippen molar-refractivity contribution in [3.8, 4) is 0 Å². The van der Waals surface area contributed by atoms with Crippen LogP contribution in [0.2, 0.25) is 0 Å². The first-order valence-corrected chi connectivity index (χ1v) is 12.3. The maximum atomic E-state index is 13.1. The van der Waals surface area contributed by atoms with Crippen LogP contribution in [0.3, 0.4) is 0 Å². The highest BCUT2D eigenvalue weighted by atomic mass is 16.5. The second-order valence-electron chi connectivity index (χ2n) is 9.43. The third-order valence-corrected chi connectivity index (χ3v) is 6.77. The molecule has 2 atom stereocenters. The van der Waals surface area contributed by atoms with Crippen molar-refractivity contribution in [2.75, 3.05) is 6.61 Å². The fourth-order valence-corrected chi connectivity index (χ4v) is 5.11. The van der Waals surface area contributed by atoms with Gasteiger partial charge in [0.2, 0.25) is 0 Å². The summed E-state index contributed by atoms with van der Waals surface area (Å²) in [6.07, 6.45) is 4.65. The molecule has 0 amide bonds. The largest absolute Gasteiger partial charge is 0.468 e. The van der Waals surface area contributed by atoms with Gasteiger partial charge in [0, 0.05) is 18.7 Å². The van der Waals surface area contributed by atoms with Crippen LogP contribution in [-0.4, -0.2) is 42.8 Å². The normalized spacial score (nSPS) is 17.0. The average molecular weight is 477 g/mol. The van der Waals surface area contributed by atoms with Gasteiger partial charge in [0.1, 0.15) is 5.76 Å². The Kier molecular flexibility index (Phi) is 6.79. The van der Waals surface area contributed by atoms with Crippen LogP contribution in [0.4, 0.5) is 0 Å². The van der Waals surface area contributed by atoms with Crippen LogP contribution >= 0.6 is 0 Å². The summed E-state index contributed by atoms with van der Waals surface area (Å²) in [6, 6.07) is 9.92. The summed E-state index contributed by atoms with van der Waals surface area (Å²) in [4.78, 5) is 18.5. The summed E-state index contributed by atoms with van der Waals surface area (Å²) in [5.41, 5.74) is 3.74. The molecule has 1 N–H and O–H groups in total. The SMILES string of the molecule is CC[C@H](c1nnnn1C[C@@H]1CCCO1)N(Cc1ccco1)Cc1cc2cc(C)cc(C)c2[nH]c1=O. The van der Waals surface area contributed by atoms with Crippen molar-refractivity contribution in [3.05, 3.63) is 75.2 Å². The Morgan fingerprint density at radius 2 is 2.14 bits per heavy atom. The summed E-state index contributed by atoms with van der Waals surface area (Å²) < 4.78 is 13.4. The molecule has 5 rings (SSSR count). The number of nitrogens with one attached hydrogen (secondary N) is 1. The number of hydrogen-bond acceptors (Lipinski definition) is 7. The number of rotatable bonds is 9. The molecule has 184 valence electrons. The molecule has 1 fully saturated rings. The molecule has 0 saturated carbocycles. The third kappa shape index (κ3) is 5.06. The summed E-state index contributed by atoms with van der Waals surface area (Å²) >= 11 is 0.